The summed E-state index contributed by atoms with van der Waals surface area (Å²) in [5, 5.41) is 0. The first-order valence-electron chi connectivity index (χ1n) is 7.10. The van der Waals surface area contributed by atoms with E-state index in [-0.39, 0.29) is 12.0 Å². The summed E-state index contributed by atoms with van der Waals surface area (Å²) < 4.78 is 26.4. The van der Waals surface area contributed by atoms with E-state index in [0.29, 0.717) is 0 Å². The molecular weight excluding hydrogens is 270 g/mol. The van der Waals surface area contributed by atoms with Crippen molar-refractivity contribution in [3.8, 4) is 0 Å². The monoisotopic (exact) mass is 288 g/mol. The van der Waals surface area contributed by atoms with Crippen molar-refractivity contribution in [1.29, 1.82) is 0 Å². The fourth-order valence-corrected chi connectivity index (χ4v) is 2.98. The van der Waals surface area contributed by atoms with Gasteiger partial charge in [-0.05, 0) is 23.3 Å². The molecule has 0 aromatic heterocycles. The quantitative estimate of drug-likeness (QED) is 0.941. The highest BCUT2D eigenvalue weighted by atomic mass is 19.2. The van der Waals surface area contributed by atoms with Gasteiger partial charge >= 0.3 is 0 Å². The third kappa shape index (κ3) is 3.12. The maximum atomic E-state index is 13.4. The molecule has 2 unspecified atom stereocenters. The predicted molar refractivity (Wildman–Crippen MR) is 78.8 cm³/mol. The largest absolute Gasteiger partial charge is 0.326 e. The van der Waals surface area contributed by atoms with E-state index in [1.165, 1.54) is 17.7 Å². The Kier molecular flexibility index (Phi) is 3.99. The molecule has 2 nitrogen and oxygen atoms in total. The standard InChI is InChI=1S/C17H18F2N2/c18-15-7-6-13(8-16(15)19)14-10-21(11-17(14)20)9-12-4-2-1-3-5-12/h1-8,14,17H,9-11,20H2. The van der Waals surface area contributed by atoms with E-state index in [2.05, 4.69) is 17.0 Å². The van der Waals surface area contributed by atoms with Crippen molar-refractivity contribution in [1.82, 2.24) is 4.90 Å². The highest BCUT2D eigenvalue weighted by Gasteiger charge is 2.31. The summed E-state index contributed by atoms with van der Waals surface area (Å²) >= 11 is 0. The van der Waals surface area contributed by atoms with E-state index in [1.807, 2.05) is 18.2 Å². The molecule has 2 N–H and O–H groups in total. The molecule has 1 heterocycles. The van der Waals surface area contributed by atoms with Crippen LogP contribution in [0.1, 0.15) is 17.0 Å². The third-order valence-electron chi connectivity index (χ3n) is 4.06. The molecule has 110 valence electrons. The van der Waals surface area contributed by atoms with Crippen LogP contribution in [-0.4, -0.2) is 24.0 Å². The number of benzene rings is 2. The van der Waals surface area contributed by atoms with Crippen molar-refractivity contribution >= 4 is 0 Å². The number of hydrogen-bond acceptors (Lipinski definition) is 2. The number of nitrogens with two attached hydrogens (primary N) is 1. The van der Waals surface area contributed by atoms with Crippen LogP contribution in [0, 0.1) is 11.6 Å². The van der Waals surface area contributed by atoms with Gasteiger partial charge in [0.2, 0.25) is 0 Å². The smallest absolute Gasteiger partial charge is 0.159 e. The average Bonchev–Trinajstić information content (AvgIpc) is 2.84. The number of halogens is 2. The van der Waals surface area contributed by atoms with Gasteiger partial charge < -0.3 is 5.73 Å². The number of rotatable bonds is 3. The van der Waals surface area contributed by atoms with E-state index in [0.717, 1.165) is 25.2 Å². The minimum atomic E-state index is -0.813. The molecule has 0 aliphatic carbocycles. The molecule has 21 heavy (non-hydrogen) atoms. The molecule has 0 saturated carbocycles. The molecule has 1 aliphatic rings. The molecule has 0 bridgehead atoms. The Morgan fingerprint density at radius 2 is 1.76 bits per heavy atom. The van der Waals surface area contributed by atoms with Crippen molar-refractivity contribution in [3.63, 3.8) is 0 Å². The van der Waals surface area contributed by atoms with Crippen LogP contribution in [0.3, 0.4) is 0 Å². The first-order chi connectivity index (χ1) is 10.1. The molecule has 2 aromatic rings. The van der Waals surface area contributed by atoms with Gasteiger partial charge in [-0.15, -0.1) is 0 Å². The lowest BCUT2D eigenvalue weighted by molar-refractivity contribution is 0.323. The van der Waals surface area contributed by atoms with Crippen LogP contribution in [0.5, 0.6) is 0 Å². The Morgan fingerprint density at radius 3 is 2.48 bits per heavy atom. The Balaban J connectivity index is 1.72. The number of likely N-dealkylation sites (tertiary alicyclic amines) is 1. The van der Waals surface area contributed by atoms with Crippen molar-refractivity contribution in [2.24, 2.45) is 5.73 Å². The summed E-state index contributed by atoms with van der Waals surface area (Å²) in [4.78, 5) is 2.26. The van der Waals surface area contributed by atoms with Crippen LogP contribution < -0.4 is 5.73 Å². The fraction of sp³-hybridized carbons (Fsp3) is 0.294. The first-order valence-corrected chi connectivity index (χ1v) is 7.10. The highest BCUT2D eigenvalue weighted by Crippen LogP contribution is 2.28. The Morgan fingerprint density at radius 1 is 1.00 bits per heavy atom. The predicted octanol–water partition coefficient (Wildman–Crippen LogP) is 2.89. The Hall–Kier alpha value is -1.78. The zero-order chi connectivity index (χ0) is 14.8. The van der Waals surface area contributed by atoms with Gasteiger partial charge in [-0.1, -0.05) is 36.4 Å². The van der Waals surface area contributed by atoms with E-state index in [9.17, 15) is 8.78 Å². The van der Waals surface area contributed by atoms with Gasteiger partial charge in [0.25, 0.3) is 0 Å². The van der Waals surface area contributed by atoms with Crippen molar-refractivity contribution < 1.29 is 8.78 Å². The molecule has 3 rings (SSSR count). The molecule has 1 saturated heterocycles. The maximum absolute atomic E-state index is 13.4. The third-order valence-corrected chi connectivity index (χ3v) is 4.06. The molecule has 1 aliphatic heterocycles. The van der Waals surface area contributed by atoms with Gasteiger partial charge in [0.05, 0.1) is 0 Å². The molecule has 2 atom stereocenters. The van der Waals surface area contributed by atoms with Gasteiger partial charge in [-0.25, -0.2) is 8.78 Å². The van der Waals surface area contributed by atoms with Crippen LogP contribution in [0.25, 0.3) is 0 Å². The first kappa shape index (κ1) is 14.2. The lowest BCUT2D eigenvalue weighted by Gasteiger charge is -2.16. The van der Waals surface area contributed by atoms with Crippen LogP contribution >= 0.6 is 0 Å². The Labute approximate surface area is 123 Å². The van der Waals surface area contributed by atoms with Crippen molar-refractivity contribution in [2.45, 2.75) is 18.5 Å². The second-order valence-electron chi connectivity index (χ2n) is 5.62. The van der Waals surface area contributed by atoms with Crippen LogP contribution in [0.2, 0.25) is 0 Å². The van der Waals surface area contributed by atoms with Gasteiger partial charge in [0.1, 0.15) is 0 Å². The van der Waals surface area contributed by atoms with E-state index >= 15 is 0 Å². The topological polar surface area (TPSA) is 29.3 Å². The zero-order valence-corrected chi connectivity index (χ0v) is 11.7. The van der Waals surface area contributed by atoms with Crippen LogP contribution in [-0.2, 0) is 6.54 Å². The summed E-state index contributed by atoms with van der Waals surface area (Å²) in [6.45, 7) is 2.36. The summed E-state index contributed by atoms with van der Waals surface area (Å²) in [7, 11) is 0. The average molecular weight is 288 g/mol. The lowest BCUT2D eigenvalue weighted by Crippen LogP contribution is -2.28. The number of hydrogen-bond donors (Lipinski definition) is 1. The van der Waals surface area contributed by atoms with Gasteiger partial charge in [0, 0.05) is 31.6 Å². The number of nitrogens with zero attached hydrogens (tertiary/aromatic N) is 1. The lowest BCUT2D eigenvalue weighted by atomic mass is 9.95. The second kappa shape index (κ2) is 5.92. The molecule has 0 radical (unpaired) electrons. The molecule has 2 aromatic carbocycles. The summed E-state index contributed by atoms with van der Waals surface area (Å²) in [6, 6.07) is 14.2. The molecule has 1 fully saturated rings. The van der Waals surface area contributed by atoms with E-state index in [4.69, 9.17) is 5.73 Å². The van der Waals surface area contributed by atoms with Crippen molar-refractivity contribution in [2.75, 3.05) is 13.1 Å². The minimum Gasteiger partial charge on any atom is -0.326 e. The highest BCUT2D eigenvalue weighted by molar-refractivity contribution is 5.25. The second-order valence-corrected chi connectivity index (χ2v) is 5.62. The summed E-state index contributed by atoms with van der Waals surface area (Å²) in [5.41, 5.74) is 8.19. The summed E-state index contributed by atoms with van der Waals surface area (Å²) in [5.74, 6) is -1.57. The van der Waals surface area contributed by atoms with Gasteiger partial charge in [0.15, 0.2) is 11.6 Å². The minimum absolute atomic E-state index is 0.0452. The normalized spacial score (nSPS) is 22.6. The van der Waals surface area contributed by atoms with Crippen LogP contribution in [0.4, 0.5) is 8.78 Å². The van der Waals surface area contributed by atoms with E-state index < -0.39 is 11.6 Å². The summed E-state index contributed by atoms with van der Waals surface area (Å²) in [6.07, 6.45) is 0. The Bertz CT molecular complexity index is 615. The zero-order valence-electron chi connectivity index (χ0n) is 11.7. The SMILES string of the molecule is NC1CN(Cc2ccccc2)CC1c1ccc(F)c(F)c1. The molecule has 4 heteroatoms. The fourth-order valence-electron chi connectivity index (χ4n) is 2.98. The van der Waals surface area contributed by atoms with Gasteiger partial charge in [-0.3, -0.25) is 4.90 Å². The molecular formula is C17H18F2N2. The van der Waals surface area contributed by atoms with E-state index in [1.54, 1.807) is 6.07 Å². The van der Waals surface area contributed by atoms with Crippen LogP contribution in [0.15, 0.2) is 48.5 Å². The van der Waals surface area contributed by atoms with Crippen molar-refractivity contribution in [3.05, 3.63) is 71.3 Å². The van der Waals surface area contributed by atoms with Gasteiger partial charge in [-0.2, -0.15) is 0 Å². The molecule has 0 amide bonds. The molecule has 0 spiro atoms. The maximum Gasteiger partial charge on any atom is 0.159 e.